The van der Waals surface area contributed by atoms with Crippen LogP contribution in [0.15, 0.2) is 61.3 Å². The SMILES string of the molecule is CO/C=C(/C(=O)O)c1ccccc1Oc1cc(Oc2cccnc2Cl)ncn1. The number of benzene rings is 1. The molecule has 3 rings (SSSR count). The highest BCUT2D eigenvalue weighted by Crippen LogP contribution is 2.32. The summed E-state index contributed by atoms with van der Waals surface area (Å²) >= 11 is 5.97. The molecule has 0 atom stereocenters. The first kappa shape index (κ1) is 19.1. The molecule has 0 spiro atoms. The molecule has 2 aromatic heterocycles. The first-order valence-electron chi connectivity index (χ1n) is 7.92. The van der Waals surface area contributed by atoms with Crippen LogP contribution in [-0.2, 0) is 9.53 Å². The summed E-state index contributed by atoms with van der Waals surface area (Å²) in [5.41, 5.74) is 0.263. The summed E-state index contributed by atoms with van der Waals surface area (Å²) < 4.78 is 16.2. The third-order valence-corrected chi connectivity index (χ3v) is 3.70. The smallest absolute Gasteiger partial charge is 0.339 e. The maximum absolute atomic E-state index is 11.5. The van der Waals surface area contributed by atoms with Crippen molar-refractivity contribution < 1.29 is 24.1 Å². The molecule has 2 heterocycles. The zero-order valence-electron chi connectivity index (χ0n) is 14.6. The number of ether oxygens (including phenoxy) is 3. The predicted octanol–water partition coefficient (Wildman–Crippen LogP) is 4.18. The van der Waals surface area contributed by atoms with Crippen molar-refractivity contribution in [1.82, 2.24) is 15.0 Å². The van der Waals surface area contributed by atoms with E-state index in [1.54, 1.807) is 36.4 Å². The first-order valence-corrected chi connectivity index (χ1v) is 8.30. The van der Waals surface area contributed by atoms with Crippen LogP contribution in [0.2, 0.25) is 5.15 Å². The Hall–Kier alpha value is -3.65. The maximum Gasteiger partial charge on any atom is 0.339 e. The zero-order valence-corrected chi connectivity index (χ0v) is 15.3. The van der Waals surface area contributed by atoms with Crippen LogP contribution in [0, 0.1) is 0 Å². The molecule has 28 heavy (non-hydrogen) atoms. The molecule has 0 radical (unpaired) electrons. The number of pyridine rings is 1. The van der Waals surface area contributed by atoms with Crippen molar-refractivity contribution in [3.8, 4) is 23.3 Å². The zero-order chi connectivity index (χ0) is 19.9. The lowest BCUT2D eigenvalue weighted by Gasteiger charge is -2.11. The molecule has 1 aromatic carbocycles. The second-order valence-corrected chi connectivity index (χ2v) is 5.62. The molecular weight excluding hydrogens is 386 g/mol. The third kappa shape index (κ3) is 4.54. The number of aliphatic carboxylic acids is 1. The summed E-state index contributed by atoms with van der Waals surface area (Å²) in [6.07, 6.45) is 3.91. The number of carbonyl (C=O) groups is 1. The van der Waals surface area contributed by atoms with Crippen LogP contribution in [0.25, 0.3) is 5.57 Å². The summed E-state index contributed by atoms with van der Waals surface area (Å²) in [6.45, 7) is 0. The van der Waals surface area contributed by atoms with E-state index in [4.69, 9.17) is 25.8 Å². The second-order valence-electron chi connectivity index (χ2n) is 5.26. The second kappa shape index (κ2) is 8.83. The highest BCUT2D eigenvalue weighted by Gasteiger charge is 2.17. The fraction of sp³-hybridized carbons (Fsp3) is 0.0526. The number of nitrogens with zero attached hydrogens (tertiary/aromatic N) is 3. The van der Waals surface area contributed by atoms with Gasteiger partial charge in [-0.05, 0) is 18.2 Å². The Morgan fingerprint density at radius 3 is 2.39 bits per heavy atom. The van der Waals surface area contributed by atoms with Gasteiger partial charge in [-0.25, -0.2) is 19.7 Å². The lowest BCUT2D eigenvalue weighted by Crippen LogP contribution is -2.02. The Balaban J connectivity index is 1.88. The molecule has 0 saturated heterocycles. The monoisotopic (exact) mass is 399 g/mol. The normalized spacial score (nSPS) is 11.0. The van der Waals surface area contributed by atoms with Gasteiger partial charge in [-0.1, -0.05) is 29.8 Å². The van der Waals surface area contributed by atoms with Gasteiger partial charge in [-0.3, -0.25) is 0 Å². The summed E-state index contributed by atoms with van der Waals surface area (Å²) in [6, 6.07) is 11.4. The highest BCUT2D eigenvalue weighted by molar-refractivity contribution is 6.30. The molecule has 3 aromatic rings. The fourth-order valence-electron chi connectivity index (χ4n) is 2.23. The van der Waals surface area contributed by atoms with Gasteiger partial charge >= 0.3 is 5.97 Å². The van der Waals surface area contributed by atoms with E-state index in [1.165, 1.54) is 25.7 Å². The van der Waals surface area contributed by atoms with E-state index in [0.717, 1.165) is 6.26 Å². The van der Waals surface area contributed by atoms with Crippen LogP contribution in [0.3, 0.4) is 0 Å². The van der Waals surface area contributed by atoms with Gasteiger partial charge in [0, 0.05) is 11.8 Å². The minimum atomic E-state index is -1.16. The number of rotatable bonds is 7. The number of hydrogen-bond acceptors (Lipinski definition) is 7. The van der Waals surface area contributed by atoms with Gasteiger partial charge in [0.2, 0.25) is 11.8 Å². The summed E-state index contributed by atoms with van der Waals surface area (Å²) in [5.74, 6) is -0.221. The lowest BCUT2D eigenvalue weighted by atomic mass is 10.1. The molecule has 8 nitrogen and oxygen atoms in total. The van der Waals surface area contributed by atoms with Gasteiger partial charge in [-0.15, -0.1) is 0 Å². The van der Waals surface area contributed by atoms with Gasteiger partial charge in [-0.2, -0.15) is 0 Å². The van der Waals surface area contributed by atoms with Crippen molar-refractivity contribution in [2.24, 2.45) is 0 Å². The summed E-state index contributed by atoms with van der Waals surface area (Å²) in [4.78, 5) is 23.5. The van der Waals surface area contributed by atoms with E-state index in [1.807, 2.05) is 0 Å². The van der Waals surface area contributed by atoms with Crippen LogP contribution in [-0.4, -0.2) is 33.1 Å². The molecule has 0 unspecified atom stereocenters. The summed E-state index contributed by atoms with van der Waals surface area (Å²) in [5, 5.41) is 9.60. The van der Waals surface area contributed by atoms with Crippen molar-refractivity contribution >= 4 is 23.1 Å². The number of carboxylic acids is 1. The van der Waals surface area contributed by atoms with Crippen molar-refractivity contribution in [3.05, 3.63) is 72.0 Å². The Morgan fingerprint density at radius 2 is 1.71 bits per heavy atom. The van der Waals surface area contributed by atoms with E-state index in [0.29, 0.717) is 11.3 Å². The molecule has 0 aliphatic carbocycles. The molecule has 0 saturated carbocycles. The molecule has 0 amide bonds. The average Bonchev–Trinajstić information content (AvgIpc) is 2.69. The van der Waals surface area contributed by atoms with E-state index < -0.39 is 5.97 Å². The standard InChI is InChI=1S/C19H14ClN3O5/c1-26-10-13(19(24)25)12-5-2-3-6-14(12)27-16-9-17(23-11-22-16)28-15-7-4-8-21-18(15)20/h2-11H,1H3,(H,24,25)/b13-10+. The Labute approximate surface area is 165 Å². The van der Waals surface area contributed by atoms with E-state index >= 15 is 0 Å². The highest BCUT2D eigenvalue weighted by atomic mass is 35.5. The molecular formula is C19H14ClN3O5. The number of hydrogen-bond donors (Lipinski definition) is 1. The predicted molar refractivity (Wildman–Crippen MR) is 100 cm³/mol. The van der Waals surface area contributed by atoms with Gasteiger partial charge in [0.25, 0.3) is 0 Å². The van der Waals surface area contributed by atoms with Crippen LogP contribution >= 0.6 is 11.6 Å². The molecule has 0 aliphatic heterocycles. The van der Waals surface area contributed by atoms with Crippen LogP contribution in [0.4, 0.5) is 0 Å². The van der Waals surface area contributed by atoms with Crippen molar-refractivity contribution in [2.75, 3.05) is 7.11 Å². The minimum absolute atomic E-state index is 0.0641. The molecule has 0 aliphatic rings. The van der Waals surface area contributed by atoms with E-state index in [9.17, 15) is 9.90 Å². The third-order valence-electron chi connectivity index (χ3n) is 3.41. The average molecular weight is 400 g/mol. The van der Waals surface area contributed by atoms with Crippen LogP contribution < -0.4 is 9.47 Å². The topological polar surface area (TPSA) is 104 Å². The quantitative estimate of drug-likeness (QED) is 0.358. The van der Waals surface area contributed by atoms with Gasteiger partial charge in [0.15, 0.2) is 10.9 Å². The summed E-state index contributed by atoms with van der Waals surface area (Å²) in [7, 11) is 1.37. The number of para-hydroxylation sites is 1. The number of carboxylic acid groups (broad SMARTS) is 1. The van der Waals surface area contributed by atoms with Crippen molar-refractivity contribution in [3.63, 3.8) is 0 Å². The van der Waals surface area contributed by atoms with Gasteiger partial charge in [0.1, 0.15) is 17.6 Å². The number of aromatic nitrogens is 3. The fourth-order valence-corrected chi connectivity index (χ4v) is 2.39. The Bertz CT molecular complexity index is 1030. The van der Waals surface area contributed by atoms with Crippen molar-refractivity contribution in [2.45, 2.75) is 0 Å². The molecule has 0 bridgehead atoms. The van der Waals surface area contributed by atoms with E-state index in [-0.39, 0.29) is 28.2 Å². The minimum Gasteiger partial charge on any atom is -0.503 e. The Kier molecular flexibility index (Phi) is 6.03. The van der Waals surface area contributed by atoms with E-state index in [2.05, 4.69) is 15.0 Å². The van der Waals surface area contributed by atoms with Crippen molar-refractivity contribution in [1.29, 1.82) is 0 Å². The van der Waals surface area contributed by atoms with Crippen LogP contribution in [0.5, 0.6) is 23.3 Å². The Morgan fingerprint density at radius 1 is 1.04 bits per heavy atom. The first-order chi connectivity index (χ1) is 13.6. The molecule has 1 N–H and O–H groups in total. The van der Waals surface area contributed by atoms with Gasteiger partial charge < -0.3 is 19.3 Å². The maximum atomic E-state index is 11.5. The lowest BCUT2D eigenvalue weighted by molar-refractivity contribution is -0.130. The van der Waals surface area contributed by atoms with Crippen LogP contribution in [0.1, 0.15) is 5.56 Å². The van der Waals surface area contributed by atoms with Gasteiger partial charge in [0.05, 0.1) is 19.4 Å². The molecule has 9 heteroatoms. The number of halogens is 1. The largest absolute Gasteiger partial charge is 0.503 e. The molecule has 0 fully saturated rings. The number of methoxy groups -OCH3 is 1. The molecule has 142 valence electrons.